The monoisotopic (exact) mass is 1690 g/mol. The van der Waals surface area contributed by atoms with Crippen LogP contribution in [-0.4, -0.2) is 9.97 Å². The Balaban J connectivity index is 0.000000105. The molecule has 0 aliphatic carbocycles. The average Bonchev–Trinajstić information content (AvgIpc) is 1.58. The summed E-state index contributed by atoms with van der Waals surface area (Å²) in [5, 5.41) is 17.7. The summed E-state index contributed by atoms with van der Waals surface area (Å²) in [6.45, 7) is 1.21. The van der Waals surface area contributed by atoms with Gasteiger partial charge in [-0.2, -0.15) is 22.8 Å². The quantitative estimate of drug-likeness (QED) is 0.158. The number of furan rings is 5. The zero-order valence-corrected chi connectivity index (χ0v) is 72.8. The van der Waals surface area contributed by atoms with Crippen LogP contribution < -0.4 is 22.8 Å². The van der Waals surface area contributed by atoms with Crippen LogP contribution in [0.25, 0.3) is 220 Å². The van der Waals surface area contributed by atoms with Crippen LogP contribution in [-0.2, 0) is 35.2 Å². The molecular formula is C117H96N7O5+5. The van der Waals surface area contributed by atoms with Crippen LogP contribution in [0, 0.1) is 62.0 Å². The highest BCUT2D eigenvalue weighted by Crippen LogP contribution is 2.45. The summed E-state index contributed by atoms with van der Waals surface area (Å²) >= 11 is 0. The molecule has 25 rings (SSSR count). The van der Waals surface area contributed by atoms with Crippen LogP contribution in [0.15, 0.2) is 351 Å². The van der Waals surface area contributed by atoms with Gasteiger partial charge >= 0.3 is 0 Å². The maximum atomic E-state index is 8.16. The Kier molecular flexibility index (Phi) is 16.9. The lowest BCUT2D eigenvalue weighted by Crippen LogP contribution is -2.31. The lowest BCUT2D eigenvalue weighted by molar-refractivity contribution is -0.659. The fourth-order valence-electron chi connectivity index (χ4n) is 19.0. The zero-order valence-electron chi connectivity index (χ0n) is 84.8. The molecule has 13 aromatic carbocycles. The molecule has 0 radical (unpaired) electrons. The molecule has 624 valence electrons. The van der Waals surface area contributed by atoms with Crippen molar-refractivity contribution in [3.63, 3.8) is 0 Å². The van der Waals surface area contributed by atoms with E-state index in [4.69, 9.17) is 38.5 Å². The van der Waals surface area contributed by atoms with E-state index in [2.05, 4.69) is 194 Å². The van der Waals surface area contributed by atoms with E-state index in [1.807, 2.05) is 183 Å². The number of pyridine rings is 7. The van der Waals surface area contributed by atoms with Crippen LogP contribution in [0.5, 0.6) is 0 Å². The molecule has 0 saturated carbocycles. The van der Waals surface area contributed by atoms with Crippen LogP contribution in [0.3, 0.4) is 0 Å². The Bertz CT molecular complexity index is 9230. The van der Waals surface area contributed by atoms with Gasteiger partial charge in [-0.3, -0.25) is 9.97 Å². The maximum Gasteiger partial charge on any atom is 0.256 e. The molecule has 129 heavy (non-hydrogen) atoms. The number of hydrogen-bond donors (Lipinski definition) is 0. The number of benzene rings is 13. The Morgan fingerprint density at radius 1 is 0.240 bits per heavy atom. The molecule has 0 bridgehead atoms. The molecule has 0 atom stereocenters. The normalized spacial score (nSPS) is 13.4. The van der Waals surface area contributed by atoms with Crippen molar-refractivity contribution in [3.05, 3.63) is 379 Å². The summed E-state index contributed by atoms with van der Waals surface area (Å²) in [4.78, 5) is 9.13. The Hall–Kier alpha value is -15.8. The van der Waals surface area contributed by atoms with Gasteiger partial charge in [-0.1, -0.05) is 205 Å². The van der Waals surface area contributed by atoms with E-state index < -0.39 is 27.4 Å². The second-order valence-corrected chi connectivity index (χ2v) is 33.5. The van der Waals surface area contributed by atoms with E-state index in [0.29, 0.717) is 44.3 Å². The second kappa shape index (κ2) is 32.3. The summed E-state index contributed by atoms with van der Waals surface area (Å²) in [5.74, 6) is 0. The fourth-order valence-corrected chi connectivity index (χ4v) is 19.0. The molecule has 0 aliphatic rings. The number of aryl methyl sites for hydroxylation is 14. The third-order valence-electron chi connectivity index (χ3n) is 25.3. The highest BCUT2D eigenvalue weighted by Gasteiger charge is 2.31. The van der Waals surface area contributed by atoms with Crippen LogP contribution in [0.4, 0.5) is 0 Å². The van der Waals surface area contributed by atoms with Gasteiger partial charge in [0.05, 0.1) is 38.7 Å². The van der Waals surface area contributed by atoms with Gasteiger partial charge in [0.1, 0.15) is 63.1 Å². The van der Waals surface area contributed by atoms with Crippen LogP contribution in [0.2, 0.25) is 0 Å². The van der Waals surface area contributed by atoms with Crippen molar-refractivity contribution in [2.24, 2.45) is 35.2 Å². The predicted octanol–water partition coefficient (Wildman–Crippen LogP) is 27.7. The largest absolute Gasteiger partial charge is 0.448 e. The summed E-state index contributed by atoms with van der Waals surface area (Å²) in [5.41, 5.74) is 25.8. The maximum absolute atomic E-state index is 8.16. The molecule has 0 aliphatic heterocycles. The van der Waals surface area contributed by atoms with Crippen molar-refractivity contribution < 1.29 is 61.4 Å². The van der Waals surface area contributed by atoms with Crippen molar-refractivity contribution in [2.75, 3.05) is 0 Å². The highest BCUT2D eigenvalue weighted by atomic mass is 16.3. The van der Waals surface area contributed by atoms with Crippen molar-refractivity contribution in [2.45, 2.75) is 62.0 Å². The van der Waals surface area contributed by atoms with Gasteiger partial charge in [0, 0.05) is 134 Å². The Morgan fingerprint density at radius 3 is 1.02 bits per heavy atom. The van der Waals surface area contributed by atoms with Crippen molar-refractivity contribution in [1.82, 2.24) is 9.97 Å². The molecule has 0 fully saturated rings. The first-order valence-electron chi connectivity index (χ1n) is 49.0. The molecule has 12 heteroatoms. The second-order valence-electron chi connectivity index (χ2n) is 33.5. The van der Waals surface area contributed by atoms with E-state index in [9.17, 15) is 0 Å². The lowest BCUT2D eigenvalue weighted by Gasteiger charge is -2.07. The lowest BCUT2D eigenvalue weighted by atomic mass is 9.99. The molecule has 0 unspecified atom stereocenters. The van der Waals surface area contributed by atoms with Gasteiger partial charge in [0.25, 0.3) is 28.5 Å². The number of aromatic nitrogens is 7. The smallest absolute Gasteiger partial charge is 0.256 e. The number of nitrogens with zero attached hydrogens (tertiary/aromatic N) is 7. The Morgan fingerprint density at radius 2 is 0.581 bits per heavy atom. The predicted molar refractivity (Wildman–Crippen MR) is 527 cm³/mol. The van der Waals surface area contributed by atoms with Gasteiger partial charge in [-0.15, -0.1) is 0 Å². The minimum absolute atomic E-state index is 0.217. The van der Waals surface area contributed by atoms with E-state index in [1.54, 1.807) is 54.3 Å². The summed E-state index contributed by atoms with van der Waals surface area (Å²) in [7, 11) is 9.76. The summed E-state index contributed by atoms with van der Waals surface area (Å²) in [6.07, 6.45) is 13.3. The molecule has 0 N–H and O–H groups in total. The highest BCUT2D eigenvalue weighted by molar-refractivity contribution is 6.21. The van der Waals surface area contributed by atoms with E-state index >= 15 is 0 Å². The van der Waals surface area contributed by atoms with Gasteiger partial charge in [-0.05, 0) is 179 Å². The number of fused-ring (bicyclic) bond motifs is 25. The third kappa shape index (κ3) is 13.8. The topological polar surface area (TPSA) is 111 Å². The first-order valence-corrected chi connectivity index (χ1v) is 43.0. The minimum Gasteiger partial charge on any atom is -0.448 e. The molecule has 12 heterocycles. The summed E-state index contributed by atoms with van der Waals surface area (Å²) < 4.78 is 137. The molecule has 12 aromatic heterocycles. The van der Waals surface area contributed by atoms with Crippen molar-refractivity contribution >= 4 is 164 Å². The minimum atomic E-state index is -2.34. The average molecular weight is 1690 g/mol. The van der Waals surface area contributed by atoms with Crippen molar-refractivity contribution in [1.29, 1.82) is 0 Å². The number of hydrogen-bond acceptors (Lipinski definition) is 7. The van der Waals surface area contributed by atoms with Crippen LogP contribution in [0.1, 0.15) is 66.5 Å². The van der Waals surface area contributed by atoms with Gasteiger partial charge < -0.3 is 22.1 Å². The third-order valence-corrected chi connectivity index (χ3v) is 25.3. The standard InChI is InChI=1S/C25H22NO.2C24H20NO.2C22H17N2O/c1-15-9-11-19(16(2)13-15)23-25-22(17(3)14-26(23)4)21-12-10-18-7-5-6-8-20(18)24(21)27-25;1-15-8-4-6-10-18(15)22-24-21(16(2)14-25(22)3)20-13-12-17-9-5-7-11-19(17)23(20)26-24;1-15-8-10-18(16(2)14-15)22-24-21(12-13-25(22)3)20-11-9-17-6-4-5-7-19(17)23(20)26-24;1-14-7-3-5-9-16(14)20-22-18(11-12-24(20)2)19-21(25-22)17-10-6-4-8-15(17)13-23-19;1-14-6-3-4-7-15(14)20-22-17(11-13-24(20)2)16-9-10-19-18(21(16)25-22)8-5-12-23-19/h5-14H,1-4H3;2*4-14H,1-3H3;2*3-13H,1-2H3/q5*+1/i1D3,3D3;2D3;1D3;;. The molecule has 25 aromatic rings. The number of rotatable bonds is 5. The van der Waals surface area contributed by atoms with E-state index in [1.165, 1.54) is 22.3 Å². The van der Waals surface area contributed by atoms with E-state index in [-0.39, 0.29) is 11.1 Å². The summed E-state index contributed by atoms with van der Waals surface area (Å²) in [6, 6.07) is 94.1. The zero-order chi connectivity index (χ0) is 98.3. The van der Waals surface area contributed by atoms with Crippen molar-refractivity contribution in [3.8, 4) is 56.3 Å². The molecule has 0 spiro atoms. The molecule has 0 amide bonds. The molecule has 12 nitrogen and oxygen atoms in total. The Labute approximate surface area is 763 Å². The first kappa shape index (κ1) is 67.6. The fraction of sp³-hybridized carbons (Fsp3) is 0.120. The molecular weight excluding hydrogens is 1580 g/mol. The van der Waals surface area contributed by atoms with Gasteiger partial charge in [0.2, 0.25) is 27.9 Å². The molecule has 0 saturated heterocycles. The van der Waals surface area contributed by atoms with Gasteiger partial charge in [0.15, 0.2) is 36.6 Å². The van der Waals surface area contributed by atoms with E-state index in [0.717, 1.165) is 192 Å². The van der Waals surface area contributed by atoms with Gasteiger partial charge in [-0.25, -0.2) is 0 Å². The van der Waals surface area contributed by atoms with Crippen LogP contribution >= 0.6 is 0 Å². The SMILES string of the molecule is Cc1ccccc1-c1c2oc3c4ccccc4cnc3c2cc[n+]1C.Cc1ccccc1-c1c2oc3c4cccnc4ccc3c2cc[n+]1C.[2H]C([2H])([2H])c1c[n+](C)c(-c2ccccc2C)c2oc3c4ccccc4ccc3c12.[2H]C([2H])([2H])c1ccc(-c2c3oc4c5ccccc5ccc4c3c(C([2H])([2H])[2H])c[n+]2C)c(C)c1.[2H]C([2H])([2H])c1ccc(-c2c3oc4c5ccccc5ccc4c3cc[n+]2C)c(C)c1. The first-order chi connectivity index (χ1) is 67.6.